The number of unbranched alkanes of at least 4 members (excludes halogenated alkanes) is 5. The highest BCUT2D eigenvalue weighted by molar-refractivity contribution is 5.46. The lowest BCUT2D eigenvalue weighted by Crippen LogP contribution is -2.13. The van der Waals surface area contributed by atoms with E-state index in [2.05, 4.69) is 25.2 Å². The van der Waals surface area contributed by atoms with E-state index >= 15 is 0 Å². The molecule has 1 N–H and O–H groups in total. The lowest BCUT2D eigenvalue weighted by Gasteiger charge is -2.15. The fourth-order valence-corrected chi connectivity index (χ4v) is 2.34. The molecule has 0 radical (unpaired) electrons. The fourth-order valence-electron chi connectivity index (χ4n) is 2.34. The predicted octanol–water partition coefficient (Wildman–Crippen LogP) is 4.54. The van der Waals surface area contributed by atoms with E-state index in [0.717, 1.165) is 37.6 Å². The van der Waals surface area contributed by atoms with Gasteiger partial charge < -0.3 is 14.8 Å². The van der Waals surface area contributed by atoms with Crippen molar-refractivity contribution in [3.63, 3.8) is 0 Å². The molecule has 0 bridgehead atoms. The van der Waals surface area contributed by atoms with Crippen molar-refractivity contribution < 1.29 is 9.47 Å². The van der Waals surface area contributed by atoms with Crippen LogP contribution in [0, 0.1) is 0 Å². The van der Waals surface area contributed by atoms with Crippen molar-refractivity contribution in [1.82, 2.24) is 5.32 Å². The van der Waals surface area contributed by atoms with Gasteiger partial charge in [-0.1, -0.05) is 58.1 Å². The van der Waals surface area contributed by atoms with Gasteiger partial charge in [-0.2, -0.15) is 0 Å². The molecular weight excluding hydrogens is 262 g/mol. The summed E-state index contributed by atoms with van der Waals surface area (Å²) in [5, 5.41) is 3.35. The van der Waals surface area contributed by atoms with Gasteiger partial charge in [-0.15, -0.1) is 0 Å². The van der Waals surface area contributed by atoms with Crippen LogP contribution in [0.2, 0.25) is 0 Å². The maximum absolute atomic E-state index is 6.00. The van der Waals surface area contributed by atoms with E-state index in [4.69, 9.17) is 9.47 Å². The zero-order chi connectivity index (χ0) is 15.3. The fraction of sp³-hybridized carbons (Fsp3) is 0.667. The van der Waals surface area contributed by atoms with Gasteiger partial charge in [-0.05, 0) is 19.0 Å². The predicted molar refractivity (Wildman–Crippen MR) is 89.2 cm³/mol. The molecule has 0 saturated carbocycles. The van der Waals surface area contributed by atoms with Crippen LogP contribution in [0.1, 0.15) is 57.9 Å². The first-order valence-electron chi connectivity index (χ1n) is 8.32. The summed E-state index contributed by atoms with van der Waals surface area (Å²) < 4.78 is 11.4. The Bertz CT molecular complexity index is 379. The standard InChI is InChI=1S/C18H31NO2/c1-4-6-7-8-9-10-14-21-18-16(15-19-5-2)12-11-13-17(18)20-3/h11-13,19H,4-10,14-15H2,1-3H3. The molecule has 0 aromatic heterocycles. The molecule has 120 valence electrons. The minimum absolute atomic E-state index is 0.769. The molecule has 0 unspecified atom stereocenters. The van der Waals surface area contributed by atoms with Crippen LogP contribution in [0.25, 0.3) is 0 Å². The monoisotopic (exact) mass is 293 g/mol. The molecule has 0 aliphatic heterocycles. The van der Waals surface area contributed by atoms with E-state index in [1.165, 1.54) is 37.7 Å². The molecule has 0 spiro atoms. The van der Waals surface area contributed by atoms with Crippen LogP contribution in [0.5, 0.6) is 11.5 Å². The van der Waals surface area contributed by atoms with Crippen LogP contribution in [0.4, 0.5) is 0 Å². The van der Waals surface area contributed by atoms with Gasteiger partial charge >= 0.3 is 0 Å². The van der Waals surface area contributed by atoms with Gasteiger partial charge in [-0.3, -0.25) is 0 Å². The van der Waals surface area contributed by atoms with Gasteiger partial charge in [0.25, 0.3) is 0 Å². The van der Waals surface area contributed by atoms with Crippen LogP contribution in [0.15, 0.2) is 18.2 Å². The van der Waals surface area contributed by atoms with Crippen LogP contribution in [-0.4, -0.2) is 20.3 Å². The molecular formula is C18H31NO2. The van der Waals surface area contributed by atoms with Crippen molar-refractivity contribution in [3.05, 3.63) is 23.8 Å². The largest absolute Gasteiger partial charge is 0.493 e. The molecule has 0 heterocycles. The highest BCUT2D eigenvalue weighted by Gasteiger charge is 2.09. The van der Waals surface area contributed by atoms with Gasteiger partial charge in [0.05, 0.1) is 13.7 Å². The molecule has 21 heavy (non-hydrogen) atoms. The zero-order valence-corrected chi connectivity index (χ0v) is 13.9. The first-order valence-corrected chi connectivity index (χ1v) is 8.32. The highest BCUT2D eigenvalue weighted by Crippen LogP contribution is 2.31. The lowest BCUT2D eigenvalue weighted by atomic mass is 10.1. The number of methoxy groups -OCH3 is 1. The van der Waals surface area contributed by atoms with Crippen LogP contribution in [-0.2, 0) is 6.54 Å². The van der Waals surface area contributed by atoms with E-state index in [9.17, 15) is 0 Å². The minimum atomic E-state index is 0.769. The van der Waals surface area contributed by atoms with Gasteiger partial charge in [0.15, 0.2) is 11.5 Å². The van der Waals surface area contributed by atoms with Crippen LogP contribution >= 0.6 is 0 Å². The van der Waals surface area contributed by atoms with Crippen molar-refractivity contribution in [3.8, 4) is 11.5 Å². The first-order chi connectivity index (χ1) is 10.3. The summed E-state index contributed by atoms with van der Waals surface area (Å²) in [5.74, 6) is 1.73. The molecule has 1 aromatic rings. The normalized spacial score (nSPS) is 10.6. The van der Waals surface area contributed by atoms with Crippen LogP contribution < -0.4 is 14.8 Å². The second-order valence-electron chi connectivity index (χ2n) is 5.35. The Hall–Kier alpha value is -1.22. The van der Waals surface area contributed by atoms with Crippen molar-refractivity contribution in [2.24, 2.45) is 0 Å². The van der Waals surface area contributed by atoms with Crippen molar-refractivity contribution in [2.75, 3.05) is 20.3 Å². The summed E-state index contributed by atoms with van der Waals surface area (Å²) in [5.41, 5.74) is 1.17. The number of rotatable bonds is 12. The quantitative estimate of drug-likeness (QED) is 0.574. The van der Waals surface area contributed by atoms with Gasteiger partial charge in [0, 0.05) is 12.1 Å². The first kappa shape index (κ1) is 17.8. The average Bonchev–Trinajstić information content (AvgIpc) is 2.52. The molecule has 1 aromatic carbocycles. The number of para-hydroxylation sites is 1. The second-order valence-corrected chi connectivity index (χ2v) is 5.35. The Morgan fingerprint density at radius 1 is 1.00 bits per heavy atom. The van der Waals surface area contributed by atoms with E-state index in [0.29, 0.717) is 0 Å². The van der Waals surface area contributed by atoms with Crippen LogP contribution in [0.3, 0.4) is 0 Å². The number of benzene rings is 1. The Morgan fingerprint density at radius 2 is 1.76 bits per heavy atom. The maximum Gasteiger partial charge on any atom is 0.165 e. The van der Waals surface area contributed by atoms with Gasteiger partial charge in [0.1, 0.15) is 0 Å². The summed E-state index contributed by atoms with van der Waals surface area (Å²) in [7, 11) is 1.70. The minimum Gasteiger partial charge on any atom is -0.493 e. The number of nitrogens with one attached hydrogen (secondary N) is 1. The third kappa shape index (κ3) is 6.85. The third-order valence-electron chi connectivity index (χ3n) is 3.59. The lowest BCUT2D eigenvalue weighted by molar-refractivity contribution is 0.281. The molecule has 3 nitrogen and oxygen atoms in total. The smallest absolute Gasteiger partial charge is 0.165 e. The summed E-state index contributed by atoms with van der Waals surface area (Å²) >= 11 is 0. The third-order valence-corrected chi connectivity index (χ3v) is 3.59. The second kappa shape index (κ2) is 11.4. The SMILES string of the molecule is CCCCCCCCOc1c(CNCC)cccc1OC. The molecule has 0 fully saturated rings. The maximum atomic E-state index is 6.00. The molecule has 0 aliphatic carbocycles. The molecule has 0 amide bonds. The Labute approximate surface area is 130 Å². The Morgan fingerprint density at radius 3 is 2.48 bits per heavy atom. The van der Waals surface area contributed by atoms with E-state index in [-0.39, 0.29) is 0 Å². The summed E-state index contributed by atoms with van der Waals surface area (Å²) in [6.07, 6.45) is 7.66. The van der Waals surface area contributed by atoms with Crippen molar-refractivity contribution in [2.45, 2.75) is 58.9 Å². The zero-order valence-electron chi connectivity index (χ0n) is 13.9. The molecule has 1 rings (SSSR count). The van der Waals surface area contributed by atoms with E-state index in [1.54, 1.807) is 7.11 Å². The van der Waals surface area contributed by atoms with E-state index in [1.807, 2.05) is 12.1 Å². The number of hydrogen-bond donors (Lipinski definition) is 1. The Kier molecular flexibility index (Phi) is 9.71. The molecule has 0 atom stereocenters. The van der Waals surface area contributed by atoms with Crippen molar-refractivity contribution >= 4 is 0 Å². The van der Waals surface area contributed by atoms with Crippen molar-refractivity contribution in [1.29, 1.82) is 0 Å². The average molecular weight is 293 g/mol. The number of ether oxygens (including phenoxy) is 2. The highest BCUT2D eigenvalue weighted by atomic mass is 16.5. The summed E-state index contributed by atoms with van der Waals surface area (Å²) in [4.78, 5) is 0. The molecule has 0 saturated heterocycles. The Balaban J connectivity index is 2.44. The number of hydrogen-bond acceptors (Lipinski definition) is 3. The topological polar surface area (TPSA) is 30.5 Å². The van der Waals surface area contributed by atoms with E-state index < -0.39 is 0 Å². The summed E-state index contributed by atoms with van der Waals surface area (Å²) in [6.45, 7) is 6.90. The summed E-state index contributed by atoms with van der Waals surface area (Å²) in [6, 6.07) is 6.08. The van der Waals surface area contributed by atoms with Gasteiger partial charge in [0.2, 0.25) is 0 Å². The molecule has 0 aliphatic rings. The van der Waals surface area contributed by atoms with Gasteiger partial charge in [-0.25, -0.2) is 0 Å². The molecule has 3 heteroatoms.